The molecule has 0 N–H and O–H groups in total. The van der Waals surface area contributed by atoms with Crippen molar-refractivity contribution in [2.45, 2.75) is 5.75 Å². The molecule has 2 amide bonds. The lowest BCUT2D eigenvalue weighted by atomic mass is 10.1. The van der Waals surface area contributed by atoms with Crippen molar-refractivity contribution >= 4 is 58.0 Å². The van der Waals surface area contributed by atoms with Gasteiger partial charge >= 0.3 is 0 Å². The number of rotatable bonds is 5. The first-order chi connectivity index (χ1) is 14.0. The maximum Gasteiger partial charge on any atom is 0.272 e. The summed E-state index contributed by atoms with van der Waals surface area (Å²) in [7, 11) is 0. The van der Waals surface area contributed by atoms with Crippen LogP contribution in [0.4, 0.5) is 10.1 Å². The van der Waals surface area contributed by atoms with Crippen LogP contribution in [-0.4, -0.2) is 11.8 Å². The van der Waals surface area contributed by atoms with Gasteiger partial charge in [-0.1, -0.05) is 29.3 Å². The molecule has 4 nitrogen and oxygen atoms in total. The number of benzene rings is 2. The van der Waals surface area contributed by atoms with Crippen molar-refractivity contribution in [3.8, 4) is 0 Å². The minimum atomic E-state index is -0.534. The van der Waals surface area contributed by atoms with Gasteiger partial charge in [0.15, 0.2) is 0 Å². The molecule has 2 aromatic carbocycles. The normalized spacial score (nSPS) is 14.2. The predicted octanol–water partition coefficient (Wildman–Crippen LogP) is 5.94. The average Bonchev–Trinajstić information content (AvgIpc) is 3.28. The lowest BCUT2D eigenvalue weighted by Crippen LogP contribution is -2.31. The Kier molecular flexibility index (Phi) is 5.50. The van der Waals surface area contributed by atoms with Crippen LogP contribution in [0.3, 0.4) is 0 Å². The van der Waals surface area contributed by atoms with Gasteiger partial charge in [0, 0.05) is 10.6 Å². The Hall–Kier alpha value is -2.54. The van der Waals surface area contributed by atoms with Gasteiger partial charge in [-0.2, -0.15) is 0 Å². The second-order valence-corrected chi connectivity index (χ2v) is 7.95. The van der Waals surface area contributed by atoms with E-state index in [9.17, 15) is 14.0 Å². The standard InChI is InChI=1S/C21H12Cl2FNO3S/c22-12-3-8-16(17(23)10-12)18-19(29-11-15-2-1-9-28-15)21(27)25(20(18)26)14-6-4-13(24)5-7-14/h1-10H,11H2. The van der Waals surface area contributed by atoms with E-state index in [-0.39, 0.29) is 21.2 Å². The molecular weight excluding hydrogens is 436 g/mol. The number of furan rings is 1. The van der Waals surface area contributed by atoms with E-state index in [1.54, 1.807) is 24.3 Å². The Balaban J connectivity index is 1.78. The first-order valence-corrected chi connectivity index (χ1v) is 10.2. The van der Waals surface area contributed by atoms with E-state index in [1.807, 2.05) is 0 Å². The molecule has 0 aliphatic carbocycles. The van der Waals surface area contributed by atoms with Gasteiger partial charge in [0.25, 0.3) is 11.8 Å². The zero-order valence-electron chi connectivity index (χ0n) is 14.7. The number of halogens is 3. The largest absolute Gasteiger partial charge is 0.468 e. The quantitative estimate of drug-likeness (QED) is 0.453. The summed E-state index contributed by atoms with van der Waals surface area (Å²) in [6.45, 7) is 0. The highest BCUT2D eigenvalue weighted by Gasteiger charge is 2.41. The smallest absolute Gasteiger partial charge is 0.272 e. The maximum absolute atomic E-state index is 13.3. The third-order valence-electron chi connectivity index (χ3n) is 4.27. The topological polar surface area (TPSA) is 50.5 Å². The molecule has 0 unspecified atom stereocenters. The van der Waals surface area contributed by atoms with Gasteiger partial charge in [-0.3, -0.25) is 9.59 Å². The Morgan fingerprint density at radius 2 is 1.76 bits per heavy atom. The Morgan fingerprint density at radius 3 is 2.41 bits per heavy atom. The minimum Gasteiger partial charge on any atom is -0.468 e. The summed E-state index contributed by atoms with van der Waals surface area (Å²) in [5.41, 5.74) is 0.858. The van der Waals surface area contributed by atoms with Crippen molar-refractivity contribution in [1.82, 2.24) is 0 Å². The van der Waals surface area contributed by atoms with Crippen molar-refractivity contribution < 1.29 is 18.4 Å². The first-order valence-electron chi connectivity index (χ1n) is 8.45. The monoisotopic (exact) mass is 447 g/mol. The predicted molar refractivity (Wildman–Crippen MR) is 112 cm³/mol. The van der Waals surface area contributed by atoms with Crippen molar-refractivity contribution in [1.29, 1.82) is 0 Å². The molecule has 0 radical (unpaired) electrons. The zero-order valence-corrected chi connectivity index (χ0v) is 17.0. The summed E-state index contributed by atoms with van der Waals surface area (Å²) in [4.78, 5) is 27.6. The highest BCUT2D eigenvalue weighted by Crippen LogP contribution is 2.42. The molecule has 29 heavy (non-hydrogen) atoms. The Morgan fingerprint density at radius 1 is 1.00 bits per heavy atom. The second kappa shape index (κ2) is 8.06. The van der Waals surface area contributed by atoms with E-state index in [0.29, 0.717) is 22.1 Å². The van der Waals surface area contributed by atoms with Gasteiger partial charge in [0.05, 0.1) is 33.2 Å². The van der Waals surface area contributed by atoms with Crippen LogP contribution >= 0.6 is 35.0 Å². The van der Waals surface area contributed by atoms with Crippen molar-refractivity contribution in [2.75, 3.05) is 4.90 Å². The maximum atomic E-state index is 13.3. The van der Waals surface area contributed by atoms with Crippen LogP contribution < -0.4 is 4.90 Å². The lowest BCUT2D eigenvalue weighted by molar-refractivity contribution is -0.119. The highest BCUT2D eigenvalue weighted by molar-refractivity contribution is 8.03. The van der Waals surface area contributed by atoms with Gasteiger partial charge < -0.3 is 4.42 Å². The summed E-state index contributed by atoms with van der Waals surface area (Å²) >= 11 is 13.5. The van der Waals surface area contributed by atoms with E-state index in [4.69, 9.17) is 27.6 Å². The molecule has 0 spiro atoms. The fraction of sp³-hybridized carbons (Fsp3) is 0.0476. The summed E-state index contributed by atoms with van der Waals surface area (Å²) in [6.07, 6.45) is 1.54. The van der Waals surface area contributed by atoms with E-state index < -0.39 is 17.6 Å². The lowest BCUT2D eigenvalue weighted by Gasteiger charge is -2.15. The number of carbonyl (C=O) groups is 2. The second-order valence-electron chi connectivity index (χ2n) is 6.12. The van der Waals surface area contributed by atoms with Crippen LogP contribution in [0.25, 0.3) is 5.57 Å². The molecule has 1 aliphatic heterocycles. The molecule has 0 fully saturated rings. The number of hydrogen-bond acceptors (Lipinski definition) is 4. The molecule has 4 rings (SSSR count). The number of hydrogen-bond donors (Lipinski definition) is 0. The SMILES string of the molecule is O=C1C(SCc2ccco2)=C(c2ccc(Cl)cc2Cl)C(=O)N1c1ccc(F)cc1. The molecule has 1 aliphatic rings. The van der Waals surface area contributed by atoms with Crippen LogP contribution in [-0.2, 0) is 15.3 Å². The van der Waals surface area contributed by atoms with Gasteiger partial charge in [-0.15, -0.1) is 11.8 Å². The molecule has 3 aromatic rings. The number of imide groups is 1. The molecule has 0 atom stereocenters. The Bertz CT molecular complexity index is 1130. The molecule has 0 bridgehead atoms. The van der Waals surface area contributed by atoms with Crippen LogP contribution in [0.1, 0.15) is 11.3 Å². The zero-order chi connectivity index (χ0) is 20.5. The molecule has 0 saturated carbocycles. The number of thioether (sulfide) groups is 1. The molecule has 8 heteroatoms. The third kappa shape index (κ3) is 3.83. The van der Waals surface area contributed by atoms with Crippen LogP contribution in [0.15, 0.2) is 70.2 Å². The summed E-state index contributed by atoms with van der Waals surface area (Å²) in [5, 5.41) is 0.669. The van der Waals surface area contributed by atoms with E-state index in [0.717, 1.165) is 4.90 Å². The van der Waals surface area contributed by atoms with Crippen molar-refractivity contribution in [3.05, 3.63) is 93.0 Å². The Labute approximate surface area is 179 Å². The van der Waals surface area contributed by atoms with E-state index >= 15 is 0 Å². The van der Waals surface area contributed by atoms with Gasteiger partial charge in [-0.05, 0) is 48.5 Å². The number of nitrogens with zero attached hydrogens (tertiary/aromatic N) is 1. The molecule has 1 aromatic heterocycles. The number of amides is 2. The summed E-state index contributed by atoms with van der Waals surface area (Å²) < 4.78 is 18.6. The van der Waals surface area contributed by atoms with Gasteiger partial charge in [-0.25, -0.2) is 9.29 Å². The van der Waals surface area contributed by atoms with Crippen LogP contribution in [0, 0.1) is 5.82 Å². The minimum absolute atomic E-state index is 0.178. The van der Waals surface area contributed by atoms with Crippen LogP contribution in [0.2, 0.25) is 10.0 Å². The van der Waals surface area contributed by atoms with Gasteiger partial charge in [0.2, 0.25) is 0 Å². The van der Waals surface area contributed by atoms with Crippen molar-refractivity contribution in [2.24, 2.45) is 0 Å². The molecule has 2 heterocycles. The van der Waals surface area contributed by atoms with Crippen LogP contribution in [0.5, 0.6) is 0 Å². The fourth-order valence-electron chi connectivity index (χ4n) is 2.94. The third-order valence-corrected chi connectivity index (χ3v) is 5.91. The summed E-state index contributed by atoms with van der Waals surface area (Å²) in [6, 6.07) is 13.4. The molecule has 0 saturated heterocycles. The number of carbonyl (C=O) groups excluding carboxylic acids is 2. The molecular formula is C21H12Cl2FNO3S. The number of anilines is 1. The van der Waals surface area contributed by atoms with E-state index in [2.05, 4.69) is 0 Å². The molecule has 146 valence electrons. The summed E-state index contributed by atoms with van der Waals surface area (Å²) in [5.74, 6) is -0.487. The average molecular weight is 448 g/mol. The van der Waals surface area contributed by atoms with Crippen molar-refractivity contribution in [3.63, 3.8) is 0 Å². The van der Waals surface area contributed by atoms with Gasteiger partial charge in [0.1, 0.15) is 11.6 Å². The van der Waals surface area contributed by atoms with E-state index in [1.165, 1.54) is 48.4 Å². The first kappa shape index (κ1) is 19.8. The fourth-order valence-corrected chi connectivity index (χ4v) is 4.45. The highest BCUT2D eigenvalue weighted by atomic mass is 35.5.